The molecule has 1 saturated heterocycles. The normalized spacial score (nSPS) is 22.9. The Bertz CT molecular complexity index is 470. The molecule has 0 aromatic rings. The van der Waals surface area contributed by atoms with Crippen molar-refractivity contribution in [2.75, 3.05) is 6.54 Å². The molecule has 2 unspecified atom stereocenters. The van der Waals surface area contributed by atoms with Crippen LogP contribution in [0.4, 0.5) is 0 Å². The summed E-state index contributed by atoms with van der Waals surface area (Å²) in [5, 5.41) is 11.0. The van der Waals surface area contributed by atoms with Crippen LogP contribution in [0.3, 0.4) is 0 Å². The summed E-state index contributed by atoms with van der Waals surface area (Å²) in [6, 6.07) is -1.27. The first-order chi connectivity index (χ1) is 8.65. The van der Waals surface area contributed by atoms with E-state index in [-0.39, 0.29) is 72.1 Å². The van der Waals surface area contributed by atoms with Crippen LogP contribution >= 0.6 is 0 Å². The summed E-state index contributed by atoms with van der Waals surface area (Å²) in [6.45, 7) is 3.15. The number of carboxylic acids is 1. The Morgan fingerprint density at radius 2 is 1.90 bits per heavy atom. The molecular weight excluding hydrogens is 324 g/mol. The van der Waals surface area contributed by atoms with E-state index in [2.05, 4.69) is 4.18 Å². The number of nitrogens with zero attached hydrogens (tertiary/aromatic N) is 1. The van der Waals surface area contributed by atoms with Gasteiger partial charge < -0.3 is 19.4 Å². The van der Waals surface area contributed by atoms with Gasteiger partial charge in [0.2, 0.25) is 16.3 Å². The van der Waals surface area contributed by atoms with Gasteiger partial charge in [0.05, 0.1) is 18.1 Å². The van der Waals surface area contributed by atoms with Gasteiger partial charge >= 0.3 is 59.1 Å². The molecule has 1 rings (SSSR count). The minimum Gasteiger partial charge on any atom is -0.726 e. The number of hydrogen-bond acceptors (Lipinski definition) is 7. The molecule has 8 nitrogen and oxygen atoms in total. The number of aliphatic carboxylic acids is 1. The molecule has 0 aliphatic carbocycles. The summed E-state index contributed by atoms with van der Waals surface area (Å²) in [5.41, 5.74) is 0. The molecule has 0 spiro atoms. The molecule has 0 aromatic heterocycles. The summed E-state index contributed by atoms with van der Waals surface area (Å²) in [6.07, 6.45) is -0.898. The van der Waals surface area contributed by atoms with Crippen molar-refractivity contribution in [3.8, 4) is 0 Å². The number of rotatable bonds is 5. The molecule has 1 heterocycles. The number of hydrogen-bond donors (Lipinski definition) is 0. The van der Waals surface area contributed by atoms with E-state index >= 15 is 0 Å². The predicted molar refractivity (Wildman–Crippen MR) is 59.2 cm³/mol. The molecule has 110 valence electrons. The quantitative estimate of drug-likeness (QED) is 0.276. The molecule has 0 saturated carbocycles. The summed E-state index contributed by atoms with van der Waals surface area (Å²) in [4.78, 5) is 23.9. The van der Waals surface area contributed by atoms with Crippen molar-refractivity contribution in [1.29, 1.82) is 0 Å². The van der Waals surface area contributed by atoms with Crippen LogP contribution in [0.1, 0.15) is 26.7 Å². The van der Waals surface area contributed by atoms with Crippen molar-refractivity contribution < 1.29 is 91.0 Å². The van der Waals surface area contributed by atoms with Crippen molar-refractivity contribution >= 4 is 22.3 Å². The van der Waals surface area contributed by atoms with E-state index in [0.717, 1.165) is 4.90 Å². The van der Waals surface area contributed by atoms with Gasteiger partial charge in [-0.1, -0.05) is 13.8 Å². The van der Waals surface area contributed by atoms with E-state index in [1.807, 2.05) is 0 Å². The molecule has 1 fully saturated rings. The Hall–Kier alpha value is 0.810. The van der Waals surface area contributed by atoms with E-state index in [1.165, 1.54) is 0 Å². The average Bonchev–Trinajstić information content (AvgIpc) is 2.68. The maximum absolute atomic E-state index is 12.0. The number of carbonyl (C=O) groups is 2. The largest absolute Gasteiger partial charge is 1.00 e. The van der Waals surface area contributed by atoms with Crippen LogP contribution in [-0.4, -0.2) is 48.4 Å². The Balaban J connectivity index is 0. The van der Waals surface area contributed by atoms with Crippen LogP contribution in [0, 0.1) is 5.92 Å². The van der Waals surface area contributed by atoms with Gasteiger partial charge in [-0.3, -0.25) is 8.98 Å². The van der Waals surface area contributed by atoms with Gasteiger partial charge in [-0.15, -0.1) is 0 Å². The predicted octanol–water partition coefficient (Wildman–Crippen LogP) is -7.76. The van der Waals surface area contributed by atoms with Crippen LogP contribution in [0.15, 0.2) is 0 Å². The first-order valence-corrected chi connectivity index (χ1v) is 7.14. The van der Waals surface area contributed by atoms with Crippen molar-refractivity contribution in [1.82, 2.24) is 4.90 Å². The van der Waals surface area contributed by atoms with Crippen LogP contribution in [0.2, 0.25) is 0 Å². The second kappa shape index (κ2) is 9.84. The van der Waals surface area contributed by atoms with E-state index < -0.39 is 40.3 Å². The fourth-order valence-corrected chi connectivity index (χ4v) is 2.43. The first-order valence-electron chi connectivity index (χ1n) is 5.81. The number of amides is 1. The molecule has 21 heavy (non-hydrogen) atoms. The summed E-state index contributed by atoms with van der Waals surface area (Å²) >= 11 is 0. The van der Waals surface area contributed by atoms with Gasteiger partial charge in [0.25, 0.3) is 0 Å². The van der Waals surface area contributed by atoms with Gasteiger partial charge in [-0.2, -0.15) is 0 Å². The van der Waals surface area contributed by atoms with Crippen molar-refractivity contribution in [2.24, 2.45) is 5.92 Å². The minimum absolute atomic E-state index is 0. The molecule has 1 amide bonds. The van der Waals surface area contributed by atoms with Gasteiger partial charge in [0.1, 0.15) is 0 Å². The van der Waals surface area contributed by atoms with E-state index in [9.17, 15) is 27.7 Å². The zero-order chi connectivity index (χ0) is 14.8. The molecule has 0 aromatic carbocycles. The third kappa shape index (κ3) is 7.28. The van der Waals surface area contributed by atoms with Crippen LogP contribution in [-0.2, 0) is 24.2 Å². The molecule has 11 heteroatoms. The number of carboxylic acid groups (broad SMARTS) is 1. The zero-order valence-corrected chi connectivity index (χ0v) is 17.4. The van der Waals surface area contributed by atoms with Gasteiger partial charge in [-0.05, 0) is 6.42 Å². The monoisotopic (exact) mass is 339 g/mol. The van der Waals surface area contributed by atoms with Crippen molar-refractivity contribution in [3.63, 3.8) is 0 Å². The van der Waals surface area contributed by atoms with E-state index in [4.69, 9.17) is 0 Å². The molecule has 0 N–H and O–H groups in total. The van der Waals surface area contributed by atoms with Gasteiger partial charge in [0.15, 0.2) is 0 Å². The smallest absolute Gasteiger partial charge is 0.726 e. The minimum atomic E-state index is -4.93. The van der Waals surface area contributed by atoms with E-state index in [1.54, 1.807) is 13.8 Å². The number of likely N-dealkylation sites (tertiary alicyclic amines) is 1. The van der Waals surface area contributed by atoms with Crippen molar-refractivity contribution in [3.05, 3.63) is 0 Å². The molecule has 1 aliphatic heterocycles. The molecule has 0 bridgehead atoms. The Morgan fingerprint density at radius 3 is 2.29 bits per heavy atom. The summed E-state index contributed by atoms with van der Waals surface area (Å²) < 4.78 is 35.7. The SMILES string of the molecule is CCC(C)C(=O)N1CC(OS(=O)(=O)[O-])C[C@@H]1C(=O)[O-].[Na+].[Na+]. The average molecular weight is 339 g/mol. The third-order valence-electron chi connectivity index (χ3n) is 3.11. The maximum Gasteiger partial charge on any atom is 1.00 e. The van der Waals surface area contributed by atoms with Gasteiger partial charge in [-0.25, -0.2) is 8.42 Å². The fraction of sp³-hybridized carbons (Fsp3) is 0.800. The molecule has 1 aliphatic rings. The Kier molecular flexibility index (Phi) is 11.3. The Morgan fingerprint density at radius 1 is 1.38 bits per heavy atom. The topological polar surface area (TPSA) is 127 Å². The number of carbonyl (C=O) groups excluding carboxylic acids is 2. The molecular formula is C10H15NNa2O7S. The fourth-order valence-electron chi connectivity index (χ4n) is 1.96. The van der Waals surface area contributed by atoms with Crippen LogP contribution in [0.25, 0.3) is 0 Å². The molecule has 0 radical (unpaired) electrons. The van der Waals surface area contributed by atoms with Crippen LogP contribution in [0.5, 0.6) is 0 Å². The van der Waals surface area contributed by atoms with Crippen LogP contribution < -0.4 is 64.2 Å². The second-order valence-electron chi connectivity index (χ2n) is 4.50. The van der Waals surface area contributed by atoms with Gasteiger partial charge in [0, 0.05) is 18.9 Å². The second-order valence-corrected chi connectivity index (χ2v) is 5.51. The zero-order valence-electron chi connectivity index (χ0n) is 12.6. The van der Waals surface area contributed by atoms with E-state index in [0.29, 0.717) is 6.42 Å². The first kappa shape index (κ1) is 24.1. The standard InChI is InChI=1S/C10H17NO7S.2Na/c1-3-6(2)9(12)11-5-7(18-19(15,16)17)4-8(11)10(13)14;;/h6-8H,3-5H2,1-2H3,(H,13,14)(H,15,16,17);;/q;2*+1/p-2/t6?,7?,8-;;/m1../s1. The van der Waals surface area contributed by atoms with Crippen molar-refractivity contribution in [2.45, 2.75) is 38.8 Å². The summed E-state index contributed by atoms with van der Waals surface area (Å²) in [5.74, 6) is -2.32. The maximum atomic E-state index is 12.0. The molecule has 3 atom stereocenters. The summed E-state index contributed by atoms with van der Waals surface area (Å²) in [7, 11) is -4.93. The Labute approximate surface area is 168 Å². The third-order valence-corrected chi connectivity index (χ3v) is 3.61.